The van der Waals surface area contributed by atoms with Crippen molar-refractivity contribution in [2.24, 2.45) is 5.92 Å². The molecule has 0 radical (unpaired) electrons. The molecule has 1 unspecified atom stereocenters. The highest BCUT2D eigenvalue weighted by molar-refractivity contribution is 6.06. The highest BCUT2D eigenvalue weighted by atomic mass is 19.3. The van der Waals surface area contributed by atoms with Gasteiger partial charge in [0.05, 0.1) is 11.6 Å². The molecule has 1 aliphatic carbocycles. The number of carbonyl (C=O) groups excluding carboxylic acids is 1. The maximum Gasteiger partial charge on any atom is 0.252 e. The third kappa shape index (κ3) is 6.12. The number of likely N-dealkylation sites (tertiary alicyclic amines) is 1. The van der Waals surface area contributed by atoms with Crippen molar-refractivity contribution in [3.8, 4) is 0 Å². The lowest BCUT2D eigenvalue weighted by Gasteiger charge is -2.37. The van der Waals surface area contributed by atoms with Gasteiger partial charge in [-0.2, -0.15) is 0 Å². The first-order valence-corrected chi connectivity index (χ1v) is 12.8. The summed E-state index contributed by atoms with van der Waals surface area (Å²) in [6.07, 6.45) is 5.53. The van der Waals surface area contributed by atoms with Crippen LogP contribution < -0.4 is 15.5 Å². The van der Waals surface area contributed by atoms with E-state index in [1.54, 1.807) is 23.4 Å². The average Bonchev–Trinajstić information content (AvgIpc) is 3.72. The lowest BCUT2D eigenvalue weighted by Crippen LogP contribution is -2.45. The first-order valence-electron chi connectivity index (χ1n) is 12.8. The summed E-state index contributed by atoms with van der Waals surface area (Å²) in [6.45, 7) is 1.64. The van der Waals surface area contributed by atoms with Gasteiger partial charge in [0.15, 0.2) is 0 Å². The van der Waals surface area contributed by atoms with Gasteiger partial charge < -0.3 is 15.5 Å². The van der Waals surface area contributed by atoms with Crippen molar-refractivity contribution >= 4 is 28.6 Å². The molecule has 2 aromatic heterocycles. The number of rotatable bonds is 9. The maximum atomic E-state index is 13.9. The van der Waals surface area contributed by atoms with Crippen molar-refractivity contribution in [3.63, 3.8) is 0 Å². The van der Waals surface area contributed by atoms with E-state index < -0.39 is 5.92 Å². The first kappa shape index (κ1) is 25.3. The molecule has 0 spiro atoms. The summed E-state index contributed by atoms with van der Waals surface area (Å²) in [4.78, 5) is 30.6. The molecule has 0 bridgehead atoms. The van der Waals surface area contributed by atoms with E-state index in [-0.39, 0.29) is 44.4 Å². The lowest BCUT2D eigenvalue weighted by atomic mass is 10.0. The Balaban J connectivity index is 1.32. The van der Waals surface area contributed by atoms with Crippen LogP contribution in [-0.4, -0.2) is 72.0 Å². The van der Waals surface area contributed by atoms with Gasteiger partial charge in [-0.3, -0.25) is 9.69 Å². The average molecular weight is 510 g/mol. The molecular weight excluding hydrogens is 476 g/mol. The number of benzene rings is 1. The van der Waals surface area contributed by atoms with Crippen LogP contribution >= 0.6 is 0 Å². The monoisotopic (exact) mass is 509 g/mol. The Kier molecular flexibility index (Phi) is 7.19. The zero-order chi connectivity index (χ0) is 26.0. The molecule has 2 aliphatic rings. The lowest BCUT2D eigenvalue weighted by molar-refractivity contribution is -0.0632. The van der Waals surface area contributed by atoms with Crippen molar-refractivity contribution in [2.45, 2.75) is 37.6 Å². The summed E-state index contributed by atoms with van der Waals surface area (Å²) in [5, 5.41) is 7.17. The Hall–Kier alpha value is -3.40. The van der Waals surface area contributed by atoms with Crippen LogP contribution in [0.1, 0.15) is 47.6 Å². The van der Waals surface area contributed by atoms with Gasteiger partial charge >= 0.3 is 0 Å². The van der Waals surface area contributed by atoms with Crippen molar-refractivity contribution in [3.05, 3.63) is 53.9 Å². The minimum atomic E-state index is -2.65. The number of halogens is 2. The molecule has 1 aromatic carbocycles. The van der Waals surface area contributed by atoms with Gasteiger partial charge in [-0.1, -0.05) is 6.07 Å². The number of carbonyl (C=O) groups is 1. The Labute approximate surface area is 215 Å². The molecule has 196 valence electrons. The van der Waals surface area contributed by atoms with Crippen molar-refractivity contribution in [2.75, 3.05) is 50.5 Å². The zero-order valence-electron chi connectivity index (χ0n) is 21.3. The van der Waals surface area contributed by atoms with Crippen LogP contribution in [0.3, 0.4) is 0 Å². The summed E-state index contributed by atoms with van der Waals surface area (Å²) in [6, 6.07) is 9.01. The summed E-state index contributed by atoms with van der Waals surface area (Å²) in [5.74, 6) is -0.786. The fourth-order valence-electron chi connectivity index (χ4n) is 4.66. The highest BCUT2D eigenvalue weighted by Gasteiger charge is 2.37. The van der Waals surface area contributed by atoms with Crippen molar-refractivity contribution in [1.82, 2.24) is 25.2 Å². The van der Waals surface area contributed by atoms with Crippen LogP contribution in [0, 0.1) is 5.92 Å². The van der Waals surface area contributed by atoms with E-state index in [2.05, 4.69) is 25.6 Å². The minimum absolute atomic E-state index is 0.208. The van der Waals surface area contributed by atoms with E-state index in [1.807, 2.05) is 43.3 Å². The number of anilines is 2. The van der Waals surface area contributed by atoms with Crippen LogP contribution in [0.4, 0.5) is 20.5 Å². The number of nitrogens with one attached hydrogen (secondary N) is 2. The number of aromatic nitrogens is 3. The van der Waals surface area contributed by atoms with Crippen LogP contribution in [0.5, 0.6) is 0 Å². The fourth-order valence-corrected chi connectivity index (χ4v) is 4.66. The van der Waals surface area contributed by atoms with Crippen LogP contribution in [-0.2, 0) is 0 Å². The first-order chi connectivity index (χ1) is 17.8. The molecule has 5 rings (SSSR count). The van der Waals surface area contributed by atoms with E-state index in [1.165, 1.54) is 12.8 Å². The summed E-state index contributed by atoms with van der Waals surface area (Å²) in [7, 11) is 3.70. The molecular formula is C27H33F2N7O. The maximum absolute atomic E-state index is 13.9. The second kappa shape index (κ2) is 10.5. The topological polar surface area (TPSA) is 86.3 Å². The van der Waals surface area contributed by atoms with Gasteiger partial charge in [0.2, 0.25) is 5.95 Å². The third-order valence-corrected chi connectivity index (χ3v) is 7.11. The van der Waals surface area contributed by atoms with E-state index in [0.717, 1.165) is 34.7 Å². The van der Waals surface area contributed by atoms with Crippen molar-refractivity contribution in [1.29, 1.82) is 0 Å². The normalized spacial score (nSPS) is 18.4. The summed E-state index contributed by atoms with van der Waals surface area (Å²) in [5.41, 5.74) is 2.06. The van der Waals surface area contributed by atoms with Gasteiger partial charge in [0.25, 0.3) is 11.8 Å². The Morgan fingerprint density at radius 2 is 1.86 bits per heavy atom. The van der Waals surface area contributed by atoms with Crippen molar-refractivity contribution < 1.29 is 13.6 Å². The van der Waals surface area contributed by atoms with Crippen LogP contribution in [0.15, 0.2) is 42.7 Å². The highest BCUT2D eigenvalue weighted by Crippen LogP contribution is 2.32. The van der Waals surface area contributed by atoms with E-state index in [0.29, 0.717) is 11.5 Å². The van der Waals surface area contributed by atoms with Crippen LogP contribution in [0.25, 0.3) is 10.9 Å². The minimum Gasteiger partial charge on any atom is -0.370 e. The predicted octanol–water partition coefficient (Wildman–Crippen LogP) is 4.11. The number of pyridine rings is 1. The molecule has 2 N–H and O–H groups in total. The number of fused-ring (bicyclic) bond motifs is 1. The molecule has 1 amide bonds. The number of amides is 1. The van der Waals surface area contributed by atoms with Gasteiger partial charge in [0.1, 0.15) is 5.82 Å². The standard InChI is InChI=1S/C27H33F2N7O/c1-35(2)26-32-15-19(16-33-26)23(36-12-10-27(28,29)11-13-36)17-31-25(37)21-4-3-5-22-20(21)8-9-24(34-22)30-14-18-6-7-18/h3-5,8-9,15-16,18,23H,6-7,10-14,17H2,1-2H3,(H,30,34)(H,31,37). The Morgan fingerprint density at radius 3 is 2.54 bits per heavy atom. The molecule has 3 aromatic rings. The number of piperidine rings is 1. The molecule has 8 nitrogen and oxygen atoms in total. The molecule has 1 saturated carbocycles. The molecule has 3 heterocycles. The molecule has 1 saturated heterocycles. The summed E-state index contributed by atoms with van der Waals surface area (Å²) < 4.78 is 27.7. The predicted molar refractivity (Wildman–Crippen MR) is 140 cm³/mol. The Morgan fingerprint density at radius 1 is 1.14 bits per heavy atom. The van der Waals surface area contributed by atoms with Gasteiger partial charge in [-0.15, -0.1) is 0 Å². The molecule has 2 fully saturated rings. The molecule has 37 heavy (non-hydrogen) atoms. The number of hydrogen-bond acceptors (Lipinski definition) is 7. The smallest absolute Gasteiger partial charge is 0.252 e. The Bertz CT molecular complexity index is 1240. The second-order valence-electron chi connectivity index (χ2n) is 10.2. The van der Waals surface area contributed by atoms with Crippen LogP contribution in [0.2, 0.25) is 0 Å². The van der Waals surface area contributed by atoms with E-state index in [9.17, 15) is 13.6 Å². The van der Waals surface area contributed by atoms with E-state index >= 15 is 0 Å². The number of nitrogens with zero attached hydrogens (tertiary/aromatic N) is 5. The third-order valence-electron chi connectivity index (χ3n) is 7.11. The van der Waals surface area contributed by atoms with Gasteiger partial charge in [0, 0.05) is 82.0 Å². The quantitative estimate of drug-likeness (QED) is 0.449. The largest absolute Gasteiger partial charge is 0.370 e. The van der Waals surface area contributed by atoms with Gasteiger partial charge in [-0.05, 0) is 43.0 Å². The molecule has 10 heteroatoms. The molecule has 1 atom stereocenters. The number of hydrogen-bond donors (Lipinski definition) is 2. The summed E-state index contributed by atoms with van der Waals surface area (Å²) >= 11 is 0. The fraction of sp³-hybridized carbons (Fsp3) is 0.481. The second-order valence-corrected chi connectivity index (χ2v) is 10.2. The van der Waals surface area contributed by atoms with E-state index in [4.69, 9.17) is 0 Å². The molecule has 1 aliphatic heterocycles. The SMILES string of the molecule is CN(C)c1ncc(C(CNC(=O)c2cccc3nc(NCC4CC4)ccc23)N2CCC(F)(F)CC2)cn1. The zero-order valence-corrected chi connectivity index (χ0v) is 21.3. The van der Waals surface area contributed by atoms with Gasteiger partial charge in [-0.25, -0.2) is 23.7 Å². The number of alkyl halides is 2.